The molecule has 1 radical (unpaired) electrons. The lowest BCUT2D eigenvalue weighted by Gasteiger charge is -2.15. The summed E-state index contributed by atoms with van der Waals surface area (Å²) in [6, 6.07) is 13.4. The number of allylic oxidation sites excluding steroid dienone is 3. The summed E-state index contributed by atoms with van der Waals surface area (Å²) in [5.74, 6) is 0.182. The van der Waals surface area contributed by atoms with Crippen molar-refractivity contribution in [2.45, 2.75) is 6.42 Å². The highest BCUT2D eigenvalue weighted by Crippen LogP contribution is 2.33. The Hall–Kier alpha value is -1.39. The molecule has 0 N–H and O–H groups in total. The van der Waals surface area contributed by atoms with Crippen molar-refractivity contribution < 1.29 is 9.53 Å². The fourth-order valence-corrected chi connectivity index (χ4v) is 3.47. The molecular formula is C17H11Br2O2. The molecule has 0 spiro atoms. The summed E-state index contributed by atoms with van der Waals surface area (Å²) < 4.78 is 7.18. The van der Waals surface area contributed by atoms with Gasteiger partial charge in [-0.1, -0.05) is 58.4 Å². The maximum Gasteiger partial charge on any atom is 0.344 e. The van der Waals surface area contributed by atoms with Gasteiger partial charge < -0.3 is 4.74 Å². The van der Waals surface area contributed by atoms with E-state index in [0.717, 1.165) is 19.7 Å². The van der Waals surface area contributed by atoms with Crippen LogP contribution in [0.1, 0.15) is 16.8 Å². The van der Waals surface area contributed by atoms with E-state index in [1.54, 1.807) is 6.07 Å². The second-order valence-corrected chi connectivity index (χ2v) is 6.42. The first-order chi connectivity index (χ1) is 10.2. The van der Waals surface area contributed by atoms with Crippen LogP contribution in [-0.4, -0.2) is 5.97 Å². The van der Waals surface area contributed by atoms with E-state index in [9.17, 15) is 4.79 Å². The normalized spacial score (nSPS) is 15.0. The Balaban J connectivity index is 1.97. The minimum Gasteiger partial charge on any atom is -0.421 e. The Kier molecular flexibility index (Phi) is 4.27. The average Bonchev–Trinajstić information content (AvgIpc) is 2.50. The highest BCUT2D eigenvalue weighted by Gasteiger charge is 2.19. The predicted octanol–water partition coefficient (Wildman–Crippen LogP) is 5.49. The summed E-state index contributed by atoms with van der Waals surface area (Å²) >= 11 is 6.86. The zero-order valence-electron chi connectivity index (χ0n) is 11.0. The van der Waals surface area contributed by atoms with Crippen molar-refractivity contribution in [3.63, 3.8) is 0 Å². The SMILES string of the molecule is O=C(OC1=C(Br)C[CH]C=C1Br)c1cccc2ccccc12. The van der Waals surface area contributed by atoms with E-state index in [1.807, 2.05) is 48.9 Å². The maximum absolute atomic E-state index is 12.5. The zero-order valence-corrected chi connectivity index (χ0v) is 14.1. The summed E-state index contributed by atoms with van der Waals surface area (Å²) in [7, 11) is 0. The zero-order chi connectivity index (χ0) is 14.8. The largest absolute Gasteiger partial charge is 0.421 e. The van der Waals surface area contributed by atoms with Crippen molar-refractivity contribution in [2.75, 3.05) is 0 Å². The molecule has 0 saturated heterocycles. The van der Waals surface area contributed by atoms with Crippen LogP contribution >= 0.6 is 31.9 Å². The molecule has 0 unspecified atom stereocenters. The van der Waals surface area contributed by atoms with Crippen molar-refractivity contribution >= 4 is 48.6 Å². The van der Waals surface area contributed by atoms with Crippen molar-refractivity contribution in [1.29, 1.82) is 0 Å². The third kappa shape index (κ3) is 2.97. The van der Waals surface area contributed by atoms with E-state index in [1.165, 1.54) is 0 Å². The van der Waals surface area contributed by atoms with Gasteiger partial charge in [-0.2, -0.15) is 0 Å². The Bertz CT molecular complexity index is 770. The number of hydrogen-bond acceptors (Lipinski definition) is 2. The molecule has 0 aliphatic heterocycles. The van der Waals surface area contributed by atoms with Gasteiger partial charge in [0.05, 0.1) is 10.0 Å². The Morgan fingerprint density at radius 3 is 2.62 bits per heavy atom. The van der Waals surface area contributed by atoms with Crippen molar-refractivity contribution in [1.82, 2.24) is 0 Å². The summed E-state index contributed by atoms with van der Waals surface area (Å²) in [6.45, 7) is 0. The van der Waals surface area contributed by atoms with Gasteiger partial charge in [-0.3, -0.25) is 0 Å². The molecule has 105 valence electrons. The van der Waals surface area contributed by atoms with Gasteiger partial charge in [0, 0.05) is 4.48 Å². The van der Waals surface area contributed by atoms with E-state index in [2.05, 4.69) is 31.9 Å². The molecule has 1 aliphatic rings. The summed E-state index contributed by atoms with van der Waals surface area (Å²) in [5, 5.41) is 1.91. The molecule has 1 aliphatic carbocycles. The van der Waals surface area contributed by atoms with Crippen LogP contribution in [0, 0.1) is 6.42 Å². The number of fused-ring (bicyclic) bond motifs is 1. The third-order valence-electron chi connectivity index (χ3n) is 3.23. The number of hydrogen-bond donors (Lipinski definition) is 0. The number of benzene rings is 2. The summed E-state index contributed by atoms with van der Waals surface area (Å²) in [6.07, 6.45) is 4.59. The topological polar surface area (TPSA) is 26.3 Å². The molecule has 2 aromatic carbocycles. The minimum absolute atomic E-state index is 0.356. The molecule has 21 heavy (non-hydrogen) atoms. The molecule has 3 rings (SSSR count). The average molecular weight is 407 g/mol. The van der Waals surface area contributed by atoms with Crippen molar-refractivity contribution in [3.8, 4) is 0 Å². The first-order valence-electron chi connectivity index (χ1n) is 6.45. The first-order valence-corrected chi connectivity index (χ1v) is 8.03. The molecule has 0 aromatic heterocycles. The van der Waals surface area contributed by atoms with Gasteiger partial charge in [0.2, 0.25) is 0 Å². The van der Waals surface area contributed by atoms with Crippen LogP contribution in [0.25, 0.3) is 10.8 Å². The number of carbonyl (C=O) groups is 1. The summed E-state index contributed by atoms with van der Waals surface area (Å²) in [5.41, 5.74) is 0.566. The fourth-order valence-electron chi connectivity index (χ4n) is 2.22. The molecule has 0 bridgehead atoms. The number of carbonyl (C=O) groups excluding carboxylic acids is 1. The first kappa shape index (κ1) is 14.5. The molecule has 0 amide bonds. The predicted molar refractivity (Wildman–Crippen MR) is 91.2 cm³/mol. The van der Waals surface area contributed by atoms with Crippen LogP contribution in [0.2, 0.25) is 0 Å². The molecule has 4 heteroatoms. The molecular weight excluding hydrogens is 396 g/mol. The van der Waals surface area contributed by atoms with Gasteiger partial charge in [-0.05, 0) is 45.6 Å². The molecule has 0 atom stereocenters. The second-order valence-electron chi connectivity index (χ2n) is 4.60. The second kappa shape index (κ2) is 6.16. The fraction of sp³-hybridized carbons (Fsp3) is 0.0588. The Labute approximate surface area is 139 Å². The minimum atomic E-state index is -0.356. The summed E-state index contributed by atoms with van der Waals surface area (Å²) in [4.78, 5) is 12.5. The van der Waals surface area contributed by atoms with Gasteiger partial charge >= 0.3 is 5.97 Å². The lowest BCUT2D eigenvalue weighted by molar-refractivity contribution is 0.0636. The van der Waals surface area contributed by atoms with Gasteiger partial charge in [0.25, 0.3) is 0 Å². The molecule has 2 nitrogen and oxygen atoms in total. The van der Waals surface area contributed by atoms with Gasteiger partial charge in [-0.15, -0.1) is 0 Å². The van der Waals surface area contributed by atoms with E-state index < -0.39 is 0 Å². The van der Waals surface area contributed by atoms with Gasteiger partial charge in [0.15, 0.2) is 5.76 Å². The van der Waals surface area contributed by atoms with Gasteiger partial charge in [-0.25, -0.2) is 4.79 Å². The standard InChI is InChI=1S/C17H11Br2O2/c18-14-9-4-10-15(19)16(14)21-17(20)13-8-3-6-11-5-1-2-7-12(11)13/h1-9H,10H2. The van der Waals surface area contributed by atoms with Crippen LogP contribution in [-0.2, 0) is 4.74 Å². The van der Waals surface area contributed by atoms with Crippen LogP contribution in [0.15, 0.2) is 63.3 Å². The van der Waals surface area contributed by atoms with Crippen LogP contribution in [0.4, 0.5) is 0 Å². The molecule has 0 fully saturated rings. The van der Waals surface area contributed by atoms with E-state index in [-0.39, 0.29) is 5.97 Å². The number of halogens is 2. The lowest BCUT2D eigenvalue weighted by atomic mass is 10.0. The van der Waals surface area contributed by atoms with E-state index >= 15 is 0 Å². The van der Waals surface area contributed by atoms with Crippen LogP contribution in [0.3, 0.4) is 0 Å². The van der Waals surface area contributed by atoms with Crippen molar-refractivity contribution in [2.24, 2.45) is 0 Å². The Morgan fingerprint density at radius 1 is 1.05 bits per heavy atom. The van der Waals surface area contributed by atoms with E-state index in [0.29, 0.717) is 17.7 Å². The highest BCUT2D eigenvalue weighted by atomic mass is 79.9. The lowest BCUT2D eigenvalue weighted by Crippen LogP contribution is -2.08. The number of rotatable bonds is 2. The highest BCUT2D eigenvalue weighted by molar-refractivity contribution is 9.12. The quantitative estimate of drug-likeness (QED) is 0.616. The maximum atomic E-state index is 12.5. The number of esters is 1. The number of ether oxygens (including phenoxy) is 1. The molecule has 2 aromatic rings. The van der Waals surface area contributed by atoms with Gasteiger partial charge in [0.1, 0.15) is 0 Å². The van der Waals surface area contributed by atoms with Crippen LogP contribution in [0.5, 0.6) is 0 Å². The van der Waals surface area contributed by atoms with Crippen molar-refractivity contribution in [3.05, 3.63) is 75.2 Å². The smallest absolute Gasteiger partial charge is 0.344 e. The molecule has 0 saturated carbocycles. The van der Waals surface area contributed by atoms with E-state index in [4.69, 9.17) is 4.74 Å². The molecule has 0 heterocycles. The van der Waals surface area contributed by atoms with Crippen LogP contribution < -0.4 is 0 Å². The monoisotopic (exact) mass is 405 g/mol. The third-order valence-corrected chi connectivity index (χ3v) is 4.54. The Morgan fingerprint density at radius 2 is 1.81 bits per heavy atom.